The lowest BCUT2D eigenvalue weighted by atomic mass is 9.97. The molecular formula is C25H26F3N5O4S. The monoisotopic (exact) mass is 549 g/mol. The molecule has 1 N–H and O–H groups in total. The number of alkyl halides is 3. The van der Waals surface area contributed by atoms with Crippen LogP contribution in [0.4, 0.5) is 13.2 Å². The predicted molar refractivity (Wildman–Crippen MR) is 131 cm³/mol. The summed E-state index contributed by atoms with van der Waals surface area (Å²) in [7, 11) is 0. The molecule has 0 radical (unpaired) electrons. The van der Waals surface area contributed by atoms with Gasteiger partial charge in [0.15, 0.2) is 5.69 Å². The summed E-state index contributed by atoms with van der Waals surface area (Å²) in [6.07, 6.45) is -2.40. The predicted octanol–water partition coefficient (Wildman–Crippen LogP) is 4.63. The molecule has 1 saturated heterocycles. The first-order valence-electron chi connectivity index (χ1n) is 12.1. The van der Waals surface area contributed by atoms with E-state index >= 15 is 0 Å². The lowest BCUT2D eigenvalue weighted by Crippen LogP contribution is -2.40. The van der Waals surface area contributed by atoms with Gasteiger partial charge in [-0.05, 0) is 37.0 Å². The van der Waals surface area contributed by atoms with E-state index < -0.39 is 18.2 Å². The average molecular weight is 550 g/mol. The number of piperidine rings is 1. The maximum absolute atomic E-state index is 12.9. The van der Waals surface area contributed by atoms with E-state index in [0.717, 1.165) is 32.4 Å². The molecule has 3 aromatic rings. The fraction of sp³-hybridized carbons (Fsp3) is 0.440. The summed E-state index contributed by atoms with van der Waals surface area (Å²) < 4.78 is 51.8. The van der Waals surface area contributed by atoms with E-state index in [4.69, 9.17) is 19.7 Å². The van der Waals surface area contributed by atoms with Gasteiger partial charge in [-0.15, -0.1) is 11.3 Å². The smallest absolute Gasteiger partial charge is 0.411 e. The van der Waals surface area contributed by atoms with Gasteiger partial charge in [0.1, 0.15) is 12.2 Å². The van der Waals surface area contributed by atoms with Crippen LogP contribution in [-0.4, -0.2) is 50.1 Å². The van der Waals surface area contributed by atoms with Crippen molar-refractivity contribution in [2.24, 2.45) is 5.16 Å². The number of nitrogens with zero attached hydrogens (tertiary/aromatic N) is 5. The summed E-state index contributed by atoms with van der Waals surface area (Å²) in [5.74, 6) is -0.0925. The van der Waals surface area contributed by atoms with Crippen LogP contribution >= 0.6 is 11.3 Å². The zero-order valence-electron chi connectivity index (χ0n) is 20.5. The number of carbonyl (C=O) groups excluding carboxylic acids is 1. The summed E-state index contributed by atoms with van der Waals surface area (Å²) in [5.41, 5.74) is 2.60. The molecule has 4 heterocycles. The van der Waals surface area contributed by atoms with Crippen molar-refractivity contribution in [2.45, 2.75) is 57.9 Å². The van der Waals surface area contributed by atoms with Crippen molar-refractivity contribution in [3.63, 3.8) is 0 Å². The number of carbonyl (C=O) groups is 1. The highest BCUT2D eigenvalue weighted by molar-refractivity contribution is 7.09. The number of aryl methyl sites for hydroxylation is 1. The Kier molecular flexibility index (Phi) is 7.50. The second-order valence-corrected chi connectivity index (χ2v) is 10.2. The minimum absolute atomic E-state index is 0.163. The number of hydrogen-bond acceptors (Lipinski definition) is 8. The molecule has 38 heavy (non-hydrogen) atoms. The topological polar surface area (TPSA) is 102 Å². The number of oxime groups is 1. The summed E-state index contributed by atoms with van der Waals surface area (Å²) >= 11 is 1.52. The second-order valence-electron chi connectivity index (χ2n) is 9.28. The maximum atomic E-state index is 12.9. The van der Waals surface area contributed by atoms with E-state index in [0.29, 0.717) is 43.9 Å². The molecule has 0 spiro atoms. The number of rotatable bonds is 5. The highest BCUT2D eigenvalue weighted by atomic mass is 32.1. The number of fused-ring (bicyclic) bond motifs is 1. The highest BCUT2D eigenvalue weighted by Gasteiger charge is 2.35. The quantitative estimate of drug-likeness (QED) is 0.283. The van der Waals surface area contributed by atoms with Crippen molar-refractivity contribution in [2.75, 3.05) is 13.1 Å². The normalized spacial score (nSPS) is 19.1. The van der Waals surface area contributed by atoms with E-state index in [1.807, 2.05) is 23.6 Å². The van der Waals surface area contributed by atoms with Crippen LogP contribution in [-0.2, 0) is 40.2 Å². The van der Waals surface area contributed by atoms with Crippen LogP contribution in [0.15, 0.2) is 34.8 Å². The molecule has 1 aromatic carbocycles. The molecule has 1 atom stereocenters. The number of thiazole rings is 1. The molecular weight excluding hydrogens is 523 g/mol. The highest BCUT2D eigenvalue weighted by Crippen LogP contribution is 2.35. The molecule has 2 aliphatic heterocycles. The third-order valence-electron chi connectivity index (χ3n) is 6.81. The third-order valence-corrected chi connectivity index (χ3v) is 7.84. The van der Waals surface area contributed by atoms with E-state index in [1.165, 1.54) is 24.5 Å². The molecule has 1 unspecified atom stereocenters. The first kappa shape index (κ1) is 26.3. The molecule has 1 fully saturated rings. The van der Waals surface area contributed by atoms with Crippen LogP contribution in [0, 0.1) is 6.92 Å². The number of ether oxygens (including phenoxy) is 2. The van der Waals surface area contributed by atoms with Crippen molar-refractivity contribution < 1.29 is 32.6 Å². The molecule has 2 aliphatic rings. The van der Waals surface area contributed by atoms with Crippen LogP contribution < -0.4 is 0 Å². The number of aromatic nitrogens is 3. The Morgan fingerprint density at radius 1 is 1.26 bits per heavy atom. The number of likely N-dealkylation sites (tertiary alicyclic amines) is 1. The zero-order valence-corrected chi connectivity index (χ0v) is 21.3. The van der Waals surface area contributed by atoms with E-state index in [2.05, 4.69) is 10.3 Å². The number of benzene rings is 1. The van der Waals surface area contributed by atoms with E-state index in [9.17, 15) is 18.0 Å². The largest absolute Gasteiger partial charge is 0.435 e. The van der Waals surface area contributed by atoms with Crippen molar-refractivity contribution in [3.8, 4) is 0 Å². The minimum atomic E-state index is -4.54. The molecule has 0 saturated carbocycles. The first-order chi connectivity index (χ1) is 18.2. The Hall–Kier alpha value is -3.29. The van der Waals surface area contributed by atoms with Crippen molar-refractivity contribution in [1.82, 2.24) is 19.7 Å². The lowest BCUT2D eigenvalue weighted by Gasteiger charge is -2.31. The molecule has 2 aromatic heterocycles. The number of halogens is 3. The molecule has 5 rings (SSSR count). The lowest BCUT2D eigenvalue weighted by molar-refractivity contribution is -0.155. The van der Waals surface area contributed by atoms with Gasteiger partial charge >= 0.3 is 6.18 Å². The van der Waals surface area contributed by atoms with Crippen molar-refractivity contribution in [3.05, 3.63) is 68.4 Å². The van der Waals surface area contributed by atoms with Gasteiger partial charge in [0.25, 0.3) is 0 Å². The first-order valence-corrected chi connectivity index (χ1v) is 13.0. The van der Waals surface area contributed by atoms with Crippen LogP contribution in [0.5, 0.6) is 0 Å². The van der Waals surface area contributed by atoms with Crippen LogP contribution in [0.25, 0.3) is 0 Å². The van der Waals surface area contributed by atoms with Gasteiger partial charge in [0.2, 0.25) is 12.2 Å². The fourth-order valence-corrected chi connectivity index (χ4v) is 5.69. The summed E-state index contributed by atoms with van der Waals surface area (Å²) in [4.78, 5) is 19.2. The summed E-state index contributed by atoms with van der Waals surface area (Å²) in [6.45, 7) is 2.89. The van der Waals surface area contributed by atoms with Crippen molar-refractivity contribution >= 4 is 23.5 Å². The van der Waals surface area contributed by atoms with E-state index in [1.54, 1.807) is 4.90 Å². The molecule has 13 heteroatoms. The Morgan fingerprint density at radius 2 is 2.03 bits per heavy atom. The molecule has 9 nitrogen and oxygen atoms in total. The van der Waals surface area contributed by atoms with Gasteiger partial charge in [-0.1, -0.05) is 23.4 Å². The maximum Gasteiger partial charge on any atom is 0.435 e. The van der Waals surface area contributed by atoms with Gasteiger partial charge in [-0.25, -0.2) is 4.98 Å². The van der Waals surface area contributed by atoms with Gasteiger partial charge in [0, 0.05) is 35.6 Å². The van der Waals surface area contributed by atoms with E-state index in [-0.39, 0.29) is 25.0 Å². The standard InChI is InChI=1S/C25H26F3N5O4S/c1-15-9-21(25(26,27)28)31-33(15)11-22(34)32-7-5-16(6-8-32)23-30-20(14-38-23)24-36-12-18-4-2-3-17(10-29-35)19(18)13-37-24/h2-4,9-10,14,16,24,35H,5-8,11-13H2,1H3/b29-10-. The molecule has 0 aliphatic carbocycles. The Labute approximate surface area is 220 Å². The summed E-state index contributed by atoms with van der Waals surface area (Å²) in [6, 6.07) is 6.60. The number of amides is 1. The zero-order chi connectivity index (χ0) is 26.9. The van der Waals surface area contributed by atoms with Gasteiger partial charge in [-0.3, -0.25) is 9.48 Å². The Balaban J connectivity index is 1.17. The number of hydrogen-bond donors (Lipinski definition) is 1. The van der Waals surface area contributed by atoms with Gasteiger partial charge < -0.3 is 19.6 Å². The van der Waals surface area contributed by atoms with Gasteiger partial charge in [-0.2, -0.15) is 18.3 Å². The Morgan fingerprint density at radius 3 is 2.74 bits per heavy atom. The molecule has 202 valence electrons. The van der Waals surface area contributed by atoms with Crippen molar-refractivity contribution in [1.29, 1.82) is 0 Å². The third kappa shape index (κ3) is 5.59. The van der Waals surface area contributed by atoms with Gasteiger partial charge in [0.05, 0.1) is 24.4 Å². The summed E-state index contributed by atoms with van der Waals surface area (Å²) in [5, 5.41) is 18.5. The minimum Gasteiger partial charge on any atom is -0.411 e. The second kappa shape index (κ2) is 10.8. The Bertz CT molecular complexity index is 1330. The molecule has 0 bridgehead atoms. The molecule has 1 amide bonds. The SMILES string of the molecule is Cc1cc(C(F)(F)F)nn1CC(=O)N1CCC(c2nc(C3OCc4cccc(/C=N\O)c4CO3)cs2)CC1. The van der Waals surface area contributed by atoms with Crippen LogP contribution in [0.3, 0.4) is 0 Å². The van der Waals surface area contributed by atoms with Crippen LogP contribution in [0.2, 0.25) is 0 Å². The fourth-order valence-electron chi connectivity index (χ4n) is 4.70. The van der Waals surface area contributed by atoms with Crippen LogP contribution in [0.1, 0.15) is 63.8 Å². The average Bonchev–Trinajstić information content (AvgIpc) is 3.46.